The second-order valence-corrected chi connectivity index (χ2v) is 10.6. The molecule has 9 heteroatoms. The molecule has 186 valence electrons. The summed E-state index contributed by atoms with van der Waals surface area (Å²) in [5, 5.41) is 5.70. The topological polar surface area (TPSA) is 65.7 Å². The Morgan fingerprint density at radius 3 is 2.75 bits per heavy atom. The van der Waals surface area contributed by atoms with Crippen LogP contribution in [0.25, 0.3) is 10.9 Å². The molecular weight excluding hydrogens is 657 g/mol. The van der Waals surface area contributed by atoms with Gasteiger partial charge in [0.1, 0.15) is 12.4 Å². The maximum absolute atomic E-state index is 13.3. The maximum atomic E-state index is 13.3. The van der Waals surface area contributed by atoms with Crippen LogP contribution in [0.1, 0.15) is 36.7 Å². The van der Waals surface area contributed by atoms with E-state index in [0.717, 1.165) is 32.0 Å². The number of methoxy groups -OCH3 is 1. The zero-order valence-corrected chi connectivity index (χ0v) is 24.3. The minimum absolute atomic E-state index is 0.204. The highest BCUT2D eigenvalue weighted by molar-refractivity contribution is 14.1. The quantitative estimate of drug-likeness (QED) is 0.138. The summed E-state index contributed by atoms with van der Waals surface area (Å²) in [7, 11) is 1.59. The smallest absolute Gasteiger partial charge is 0.282 e. The summed E-state index contributed by atoms with van der Waals surface area (Å²) in [4.78, 5) is 18.0. The van der Waals surface area contributed by atoms with E-state index in [9.17, 15) is 4.79 Å². The minimum atomic E-state index is -0.204. The lowest BCUT2D eigenvalue weighted by Crippen LogP contribution is -2.22. The number of aromatic nitrogens is 2. The van der Waals surface area contributed by atoms with Crippen molar-refractivity contribution in [1.82, 2.24) is 9.66 Å². The summed E-state index contributed by atoms with van der Waals surface area (Å²) in [6, 6.07) is 16.8. The molecule has 3 aromatic carbocycles. The fraction of sp³-hybridized carbons (Fsp3) is 0.222. The summed E-state index contributed by atoms with van der Waals surface area (Å²) in [6.45, 7) is 2.42. The van der Waals surface area contributed by atoms with E-state index in [4.69, 9.17) is 26.1 Å². The second kappa shape index (κ2) is 12.2. The van der Waals surface area contributed by atoms with Crippen LogP contribution < -0.4 is 15.0 Å². The molecule has 4 rings (SSSR count). The first-order chi connectivity index (χ1) is 17.4. The summed E-state index contributed by atoms with van der Waals surface area (Å²) in [5.74, 6) is 1.82. The van der Waals surface area contributed by atoms with Crippen molar-refractivity contribution in [3.63, 3.8) is 0 Å². The molecule has 0 amide bonds. The first kappa shape index (κ1) is 26.6. The average molecular weight is 681 g/mol. The normalized spacial score (nSPS) is 11.4. The van der Waals surface area contributed by atoms with Crippen molar-refractivity contribution in [3.8, 4) is 11.5 Å². The largest absolute Gasteiger partial charge is 0.493 e. The highest BCUT2D eigenvalue weighted by Crippen LogP contribution is 2.34. The van der Waals surface area contributed by atoms with E-state index in [2.05, 4.69) is 50.5 Å². The first-order valence-corrected chi connectivity index (χ1v) is 13.7. The van der Waals surface area contributed by atoms with Crippen molar-refractivity contribution in [3.05, 3.63) is 95.0 Å². The van der Waals surface area contributed by atoms with Gasteiger partial charge in [0.25, 0.3) is 5.56 Å². The van der Waals surface area contributed by atoms with E-state index < -0.39 is 0 Å². The van der Waals surface area contributed by atoms with Crippen LogP contribution in [0, 0.1) is 3.57 Å². The van der Waals surface area contributed by atoms with Gasteiger partial charge in [-0.2, -0.15) is 9.78 Å². The van der Waals surface area contributed by atoms with E-state index in [1.807, 2.05) is 48.5 Å². The van der Waals surface area contributed by atoms with Crippen LogP contribution in [0.5, 0.6) is 11.5 Å². The fourth-order valence-corrected chi connectivity index (χ4v) is 4.99. The summed E-state index contributed by atoms with van der Waals surface area (Å²) in [5.41, 5.74) is 2.11. The number of halogens is 3. The van der Waals surface area contributed by atoms with Gasteiger partial charge in [0.05, 0.1) is 27.8 Å². The number of hydrogen-bond donors (Lipinski definition) is 0. The zero-order chi connectivity index (χ0) is 25.7. The predicted molar refractivity (Wildman–Crippen MR) is 157 cm³/mol. The van der Waals surface area contributed by atoms with Crippen LogP contribution in [-0.4, -0.2) is 23.0 Å². The Balaban J connectivity index is 1.68. The third kappa shape index (κ3) is 6.10. The van der Waals surface area contributed by atoms with Gasteiger partial charge in [-0.15, -0.1) is 0 Å². The maximum Gasteiger partial charge on any atom is 0.282 e. The molecule has 0 fully saturated rings. The molecule has 0 aliphatic rings. The third-order valence-corrected chi connectivity index (χ3v) is 7.20. The van der Waals surface area contributed by atoms with E-state index in [-0.39, 0.29) is 5.56 Å². The molecule has 0 bridgehead atoms. The van der Waals surface area contributed by atoms with Crippen LogP contribution in [0.3, 0.4) is 0 Å². The Hall–Kier alpha value is -2.43. The third-order valence-electron chi connectivity index (χ3n) is 5.53. The minimum Gasteiger partial charge on any atom is -0.493 e. The molecule has 0 saturated carbocycles. The number of benzene rings is 3. The molecule has 0 saturated heterocycles. The van der Waals surface area contributed by atoms with Crippen molar-refractivity contribution in [1.29, 1.82) is 0 Å². The molecule has 1 heterocycles. The van der Waals surface area contributed by atoms with Crippen LogP contribution in [0.2, 0.25) is 5.02 Å². The zero-order valence-electron chi connectivity index (χ0n) is 19.8. The van der Waals surface area contributed by atoms with Crippen molar-refractivity contribution in [2.45, 2.75) is 32.8 Å². The number of nitrogens with zero attached hydrogens (tertiary/aromatic N) is 3. The van der Waals surface area contributed by atoms with Gasteiger partial charge in [0, 0.05) is 21.5 Å². The average Bonchev–Trinajstić information content (AvgIpc) is 2.87. The van der Waals surface area contributed by atoms with Crippen molar-refractivity contribution < 1.29 is 9.47 Å². The SMILES string of the molecule is CCCCc1nc2ccc(Br)cc2c(=O)n1N=Cc1cc(I)c(OCc2ccccc2Cl)c(OC)c1. The highest BCUT2D eigenvalue weighted by Gasteiger charge is 2.14. The van der Waals surface area contributed by atoms with Crippen LogP contribution in [-0.2, 0) is 13.0 Å². The molecule has 1 aromatic heterocycles. The molecule has 0 N–H and O–H groups in total. The van der Waals surface area contributed by atoms with E-state index in [1.165, 1.54) is 4.68 Å². The molecule has 0 aliphatic heterocycles. The van der Waals surface area contributed by atoms with Gasteiger partial charge in [0.2, 0.25) is 0 Å². The molecular formula is C27H24BrClIN3O3. The van der Waals surface area contributed by atoms with Gasteiger partial charge in [-0.25, -0.2) is 4.98 Å². The predicted octanol–water partition coefficient (Wildman–Crippen LogP) is 7.23. The Kier molecular flexibility index (Phi) is 9.03. The summed E-state index contributed by atoms with van der Waals surface area (Å²) in [6.07, 6.45) is 4.20. The lowest BCUT2D eigenvalue weighted by Gasteiger charge is -2.14. The number of fused-ring (bicyclic) bond motifs is 1. The number of hydrogen-bond acceptors (Lipinski definition) is 5. The van der Waals surface area contributed by atoms with Gasteiger partial charge in [0.15, 0.2) is 11.5 Å². The van der Waals surface area contributed by atoms with Gasteiger partial charge in [-0.3, -0.25) is 4.79 Å². The molecule has 0 unspecified atom stereocenters. The fourth-order valence-electron chi connectivity index (χ4n) is 3.65. The Bertz CT molecular complexity index is 1490. The molecule has 36 heavy (non-hydrogen) atoms. The van der Waals surface area contributed by atoms with Crippen LogP contribution in [0.15, 0.2) is 69.0 Å². The standard InChI is InChI=1S/C27H24BrClIN3O3/c1-3-4-9-25-32-23-11-10-19(28)14-20(23)27(34)33(25)31-15-17-12-22(30)26(24(13-17)35-2)36-16-18-7-5-6-8-21(18)29/h5-8,10-15H,3-4,9,16H2,1-2H3. The van der Waals surface area contributed by atoms with Crippen molar-refractivity contribution in [2.75, 3.05) is 7.11 Å². The van der Waals surface area contributed by atoms with E-state index in [0.29, 0.717) is 46.3 Å². The first-order valence-electron chi connectivity index (χ1n) is 11.4. The van der Waals surface area contributed by atoms with Crippen LogP contribution >= 0.6 is 50.1 Å². The number of ether oxygens (including phenoxy) is 2. The summed E-state index contributed by atoms with van der Waals surface area (Å²) >= 11 is 11.9. The highest BCUT2D eigenvalue weighted by atomic mass is 127. The molecule has 0 aliphatic carbocycles. The molecule has 0 spiro atoms. The Labute approximate surface area is 236 Å². The van der Waals surface area contributed by atoms with Gasteiger partial charge in [-0.1, -0.05) is 59.1 Å². The van der Waals surface area contributed by atoms with Crippen molar-refractivity contribution >= 4 is 67.2 Å². The van der Waals surface area contributed by atoms with Crippen molar-refractivity contribution in [2.24, 2.45) is 5.10 Å². The lowest BCUT2D eigenvalue weighted by molar-refractivity contribution is 0.282. The molecule has 6 nitrogen and oxygen atoms in total. The van der Waals surface area contributed by atoms with E-state index in [1.54, 1.807) is 19.4 Å². The van der Waals surface area contributed by atoms with Gasteiger partial charge < -0.3 is 9.47 Å². The van der Waals surface area contributed by atoms with Crippen LogP contribution in [0.4, 0.5) is 0 Å². The van der Waals surface area contributed by atoms with E-state index >= 15 is 0 Å². The Morgan fingerprint density at radius 2 is 2.00 bits per heavy atom. The second-order valence-electron chi connectivity index (χ2n) is 8.07. The molecule has 0 atom stereocenters. The van der Waals surface area contributed by atoms with Gasteiger partial charge >= 0.3 is 0 Å². The lowest BCUT2D eigenvalue weighted by atomic mass is 10.2. The Morgan fingerprint density at radius 1 is 1.19 bits per heavy atom. The number of aryl methyl sites for hydroxylation is 1. The monoisotopic (exact) mass is 679 g/mol. The molecule has 4 aromatic rings. The number of unbranched alkanes of at least 4 members (excludes halogenated alkanes) is 1. The van der Waals surface area contributed by atoms with Gasteiger partial charge in [-0.05, 0) is 71.0 Å². The molecule has 0 radical (unpaired) electrons. The number of rotatable bonds is 9. The summed E-state index contributed by atoms with van der Waals surface area (Å²) < 4.78 is 14.7.